The minimum absolute atomic E-state index is 0.180. The zero-order valence-corrected chi connectivity index (χ0v) is 17.4. The average molecular weight is 412 g/mol. The van der Waals surface area contributed by atoms with Crippen molar-refractivity contribution < 1.29 is 28.6 Å². The Bertz CT molecular complexity index is 974. The number of benzene rings is 2. The normalized spacial score (nSPS) is 12.6. The fraction of sp³-hybridized carbons (Fsp3) is 0.318. The van der Waals surface area contributed by atoms with E-state index >= 15 is 0 Å². The third kappa shape index (κ3) is 3.80. The van der Waals surface area contributed by atoms with Gasteiger partial charge in [-0.1, -0.05) is 6.07 Å². The first-order valence-corrected chi connectivity index (χ1v) is 9.76. The van der Waals surface area contributed by atoms with Gasteiger partial charge < -0.3 is 19.5 Å². The highest BCUT2D eigenvalue weighted by molar-refractivity contribution is 6.24. The molecule has 0 aliphatic carbocycles. The molecular weight excluding hydrogens is 388 g/mol. The molecule has 0 saturated heterocycles. The molecule has 0 bridgehead atoms. The first-order valence-electron chi connectivity index (χ1n) is 9.76. The van der Waals surface area contributed by atoms with Gasteiger partial charge >= 0.3 is 0 Å². The molecule has 0 aromatic heterocycles. The molecule has 0 radical (unpaired) electrons. The second-order valence-electron chi connectivity index (χ2n) is 6.45. The summed E-state index contributed by atoms with van der Waals surface area (Å²) in [7, 11) is 1.41. The van der Waals surface area contributed by atoms with E-state index in [1.54, 1.807) is 30.3 Å². The van der Waals surface area contributed by atoms with Crippen LogP contribution in [0.2, 0.25) is 0 Å². The molecule has 1 aliphatic heterocycles. The summed E-state index contributed by atoms with van der Waals surface area (Å²) < 4.78 is 16.9. The van der Waals surface area contributed by atoms with Crippen molar-refractivity contribution >= 4 is 23.4 Å². The Morgan fingerprint density at radius 3 is 2.10 bits per heavy atom. The van der Waals surface area contributed by atoms with Crippen LogP contribution in [-0.2, 0) is 0 Å². The first-order chi connectivity index (χ1) is 14.4. The number of carbonyl (C=O) groups is 3. The van der Waals surface area contributed by atoms with Gasteiger partial charge in [-0.05, 0) is 45.0 Å². The molecule has 0 fully saturated rings. The number of rotatable bonds is 8. The summed E-state index contributed by atoms with van der Waals surface area (Å²) in [5, 5.41) is 2.73. The fourth-order valence-electron chi connectivity index (χ4n) is 3.22. The van der Waals surface area contributed by atoms with Crippen LogP contribution in [0.3, 0.4) is 0 Å². The predicted molar refractivity (Wildman–Crippen MR) is 111 cm³/mol. The highest BCUT2D eigenvalue weighted by atomic mass is 16.5. The van der Waals surface area contributed by atoms with Gasteiger partial charge in [0.2, 0.25) is 5.75 Å². The van der Waals surface area contributed by atoms with Crippen LogP contribution in [0.5, 0.6) is 17.2 Å². The predicted octanol–water partition coefficient (Wildman–Crippen LogP) is 3.36. The molecule has 0 atom stereocenters. The lowest BCUT2D eigenvalue weighted by molar-refractivity contribution is 0.0693. The molecule has 30 heavy (non-hydrogen) atoms. The van der Waals surface area contributed by atoms with E-state index < -0.39 is 17.7 Å². The van der Waals surface area contributed by atoms with Crippen LogP contribution in [0.15, 0.2) is 30.3 Å². The van der Waals surface area contributed by atoms with Gasteiger partial charge in [-0.25, -0.2) is 0 Å². The Balaban J connectivity index is 1.99. The number of carbonyl (C=O) groups excluding carboxylic acids is 3. The van der Waals surface area contributed by atoms with Crippen LogP contribution in [0.4, 0.5) is 5.69 Å². The van der Waals surface area contributed by atoms with Crippen molar-refractivity contribution in [2.24, 2.45) is 0 Å². The van der Waals surface area contributed by atoms with Gasteiger partial charge in [-0.2, -0.15) is 0 Å². The maximum Gasteiger partial charge on any atom is 0.263 e. The molecule has 3 amide bonds. The van der Waals surface area contributed by atoms with Gasteiger partial charge in [0.05, 0.1) is 36.6 Å². The first kappa shape index (κ1) is 21.2. The summed E-state index contributed by atoms with van der Waals surface area (Å²) in [6.45, 7) is 6.67. The van der Waals surface area contributed by atoms with Crippen molar-refractivity contribution in [2.75, 3.05) is 32.2 Å². The molecule has 2 aromatic carbocycles. The topological polar surface area (TPSA) is 94.2 Å². The molecule has 2 aromatic rings. The van der Waals surface area contributed by atoms with Crippen molar-refractivity contribution in [3.63, 3.8) is 0 Å². The zero-order chi connectivity index (χ0) is 21.8. The van der Waals surface area contributed by atoms with Crippen molar-refractivity contribution in [2.45, 2.75) is 20.8 Å². The molecule has 3 rings (SSSR count). The Labute approximate surface area is 174 Å². The maximum absolute atomic E-state index is 13.0. The highest BCUT2D eigenvalue weighted by Crippen LogP contribution is 2.39. The molecule has 0 saturated carbocycles. The van der Waals surface area contributed by atoms with Crippen LogP contribution in [0, 0.1) is 0 Å². The summed E-state index contributed by atoms with van der Waals surface area (Å²) in [6.07, 6.45) is 0. The Morgan fingerprint density at radius 2 is 1.53 bits per heavy atom. The monoisotopic (exact) mass is 412 g/mol. The quantitative estimate of drug-likeness (QED) is 0.668. The second-order valence-corrected chi connectivity index (χ2v) is 6.45. The number of fused-ring (bicyclic) bond motifs is 1. The Morgan fingerprint density at radius 1 is 0.933 bits per heavy atom. The fourth-order valence-corrected chi connectivity index (χ4v) is 3.22. The number of amides is 3. The number of hydrogen-bond acceptors (Lipinski definition) is 6. The van der Waals surface area contributed by atoms with E-state index in [0.717, 1.165) is 4.90 Å². The zero-order valence-electron chi connectivity index (χ0n) is 17.4. The number of imide groups is 1. The standard InChI is InChI=1S/C22H24N2O6/c1-5-28-16-11-13(12-17(29-6-2)19(16)30-7-3)20(25)23-15-10-8-9-14-18(15)22(27)24(4)21(14)26/h8-12H,5-7H2,1-4H3,(H,23,25). The van der Waals surface area contributed by atoms with E-state index in [2.05, 4.69) is 5.32 Å². The highest BCUT2D eigenvalue weighted by Gasteiger charge is 2.35. The van der Waals surface area contributed by atoms with E-state index in [1.165, 1.54) is 7.05 Å². The summed E-state index contributed by atoms with van der Waals surface area (Å²) in [5.41, 5.74) is 0.981. The minimum atomic E-state index is -0.469. The number of ether oxygens (including phenoxy) is 3. The van der Waals surface area contributed by atoms with Gasteiger partial charge in [0.25, 0.3) is 17.7 Å². The van der Waals surface area contributed by atoms with E-state index in [-0.39, 0.29) is 22.4 Å². The lowest BCUT2D eigenvalue weighted by atomic mass is 10.1. The van der Waals surface area contributed by atoms with Gasteiger partial charge in [0, 0.05) is 12.6 Å². The molecule has 0 unspecified atom stereocenters. The molecular formula is C22H24N2O6. The van der Waals surface area contributed by atoms with E-state index in [9.17, 15) is 14.4 Å². The smallest absolute Gasteiger partial charge is 0.263 e. The SMILES string of the molecule is CCOc1cc(C(=O)Nc2cccc3c2C(=O)N(C)C3=O)cc(OCC)c1OCC. The Hall–Kier alpha value is -3.55. The number of nitrogens with zero attached hydrogens (tertiary/aromatic N) is 1. The van der Waals surface area contributed by atoms with Gasteiger partial charge in [-0.3, -0.25) is 19.3 Å². The summed E-state index contributed by atoms with van der Waals surface area (Å²) in [5.74, 6) is -0.115. The van der Waals surface area contributed by atoms with Gasteiger partial charge in [0.15, 0.2) is 11.5 Å². The van der Waals surface area contributed by atoms with Crippen LogP contribution >= 0.6 is 0 Å². The number of nitrogens with one attached hydrogen (secondary N) is 1. The van der Waals surface area contributed by atoms with Crippen molar-refractivity contribution in [3.8, 4) is 17.2 Å². The van der Waals surface area contributed by atoms with E-state index in [4.69, 9.17) is 14.2 Å². The third-order valence-electron chi connectivity index (χ3n) is 4.54. The molecule has 1 N–H and O–H groups in total. The lowest BCUT2D eigenvalue weighted by Gasteiger charge is -2.17. The molecule has 8 heteroatoms. The lowest BCUT2D eigenvalue weighted by Crippen LogP contribution is -2.24. The Kier molecular flexibility index (Phi) is 6.25. The molecule has 158 valence electrons. The molecule has 1 heterocycles. The van der Waals surface area contributed by atoms with E-state index in [0.29, 0.717) is 37.1 Å². The molecule has 0 spiro atoms. The van der Waals surface area contributed by atoms with Crippen LogP contribution in [0.25, 0.3) is 0 Å². The number of anilines is 1. The minimum Gasteiger partial charge on any atom is -0.490 e. The van der Waals surface area contributed by atoms with Gasteiger partial charge in [0.1, 0.15) is 0 Å². The van der Waals surface area contributed by atoms with Crippen molar-refractivity contribution in [3.05, 3.63) is 47.0 Å². The van der Waals surface area contributed by atoms with E-state index in [1.807, 2.05) is 20.8 Å². The molecule has 1 aliphatic rings. The largest absolute Gasteiger partial charge is 0.490 e. The average Bonchev–Trinajstić information content (AvgIpc) is 2.95. The maximum atomic E-state index is 13.0. The summed E-state index contributed by atoms with van der Waals surface area (Å²) >= 11 is 0. The van der Waals surface area contributed by atoms with Crippen LogP contribution < -0.4 is 19.5 Å². The number of hydrogen-bond donors (Lipinski definition) is 1. The summed E-state index contributed by atoms with van der Waals surface area (Å²) in [6, 6.07) is 7.89. The van der Waals surface area contributed by atoms with Crippen molar-refractivity contribution in [1.29, 1.82) is 0 Å². The molecule has 8 nitrogen and oxygen atoms in total. The van der Waals surface area contributed by atoms with Crippen LogP contribution in [0.1, 0.15) is 51.8 Å². The summed E-state index contributed by atoms with van der Waals surface area (Å²) in [4.78, 5) is 38.6. The van der Waals surface area contributed by atoms with Crippen LogP contribution in [-0.4, -0.2) is 49.5 Å². The second kappa shape index (κ2) is 8.86. The van der Waals surface area contributed by atoms with Crippen molar-refractivity contribution in [1.82, 2.24) is 4.90 Å². The third-order valence-corrected chi connectivity index (χ3v) is 4.54. The van der Waals surface area contributed by atoms with Gasteiger partial charge in [-0.15, -0.1) is 0 Å².